The summed E-state index contributed by atoms with van der Waals surface area (Å²) in [6.07, 6.45) is 2.69. The minimum Gasteiger partial charge on any atom is -0.481 e. The molecule has 6 heteroatoms. The van der Waals surface area contributed by atoms with E-state index in [0.29, 0.717) is 5.56 Å². The van der Waals surface area contributed by atoms with Gasteiger partial charge < -0.3 is 10.0 Å². The molecule has 0 aliphatic heterocycles. The number of carbonyl (C=O) groups is 2. The minimum atomic E-state index is -0.928. The lowest BCUT2D eigenvalue weighted by Crippen LogP contribution is -2.29. The van der Waals surface area contributed by atoms with Crippen LogP contribution in [0.3, 0.4) is 0 Å². The largest absolute Gasteiger partial charge is 0.481 e. The molecule has 0 bridgehead atoms. The molecule has 15 heavy (non-hydrogen) atoms. The molecule has 1 heterocycles. The summed E-state index contributed by atoms with van der Waals surface area (Å²) in [4.78, 5) is 23.3. The number of carboxylic acids is 1. The van der Waals surface area contributed by atoms with Gasteiger partial charge in [0, 0.05) is 13.6 Å². The van der Waals surface area contributed by atoms with Gasteiger partial charge in [0.15, 0.2) is 0 Å². The van der Waals surface area contributed by atoms with Crippen molar-refractivity contribution >= 4 is 11.9 Å². The van der Waals surface area contributed by atoms with E-state index < -0.39 is 5.97 Å². The van der Waals surface area contributed by atoms with Crippen molar-refractivity contribution in [3.05, 3.63) is 24.0 Å². The lowest BCUT2D eigenvalue weighted by molar-refractivity contribution is -0.137. The normalized spacial score (nSPS) is 9.67. The Labute approximate surface area is 86.5 Å². The van der Waals surface area contributed by atoms with Crippen molar-refractivity contribution < 1.29 is 14.7 Å². The monoisotopic (exact) mass is 209 g/mol. The van der Waals surface area contributed by atoms with Crippen LogP contribution in [0.2, 0.25) is 0 Å². The maximum Gasteiger partial charge on any atom is 0.305 e. The first-order chi connectivity index (χ1) is 7.11. The predicted octanol–water partition coefficient (Wildman–Crippen LogP) is 0.0233. The van der Waals surface area contributed by atoms with Crippen LogP contribution in [0.5, 0.6) is 0 Å². The van der Waals surface area contributed by atoms with E-state index in [1.807, 2.05) is 0 Å². The van der Waals surface area contributed by atoms with E-state index in [2.05, 4.69) is 10.2 Å². The SMILES string of the molecule is CN(CCC(=O)O)C(=O)c1ccnnc1. The minimum absolute atomic E-state index is 0.0687. The Bertz CT molecular complexity index is 353. The van der Waals surface area contributed by atoms with Gasteiger partial charge in [-0.15, -0.1) is 0 Å². The van der Waals surface area contributed by atoms with E-state index in [1.165, 1.54) is 23.4 Å². The fourth-order valence-corrected chi connectivity index (χ4v) is 1.00. The Hall–Kier alpha value is -1.98. The van der Waals surface area contributed by atoms with Crippen molar-refractivity contribution in [1.29, 1.82) is 0 Å². The predicted molar refractivity (Wildman–Crippen MR) is 51.2 cm³/mol. The Morgan fingerprint density at radius 3 is 2.73 bits per heavy atom. The van der Waals surface area contributed by atoms with E-state index >= 15 is 0 Å². The molecule has 1 N–H and O–H groups in total. The van der Waals surface area contributed by atoms with Gasteiger partial charge in [-0.05, 0) is 6.07 Å². The van der Waals surface area contributed by atoms with Crippen molar-refractivity contribution in [2.24, 2.45) is 0 Å². The second kappa shape index (κ2) is 5.04. The van der Waals surface area contributed by atoms with Crippen LogP contribution >= 0.6 is 0 Å². The highest BCUT2D eigenvalue weighted by Crippen LogP contribution is 2.00. The summed E-state index contributed by atoms with van der Waals surface area (Å²) < 4.78 is 0. The molecule has 0 saturated heterocycles. The first kappa shape index (κ1) is 11.1. The van der Waals surface area contributed by atoms with Crippen LogP contribution in [0, 0.1) is 0 Å². The number of carboxylic acid groups (broad SMARTS) is 1. The van der Waals surface area contributed by atoms with Crippen LogP contribution in [-0.2, 0) is 4.79 Å². The van der Waals surface area contributed by atoms with E-state index in [-0.39, 0.29) is 18.9 Å². The highest BCUT2D eigenvalue weighted by molar-refractivity contribution is 5.93. The second-order valence-corrected chi connectivity index (χ2v) is 3.00. The third kappa shape index (κ3) is 3.34. The molecule has 0 unspecified atom stereocenters. The highest BCUT2D eigenvalue weighted by atomic mass is 16.4. The van der Waals surface area contributed by atoms with Gasteiger partial charge >= 0.3 is 5.97 Å². The van der Waals surface area contributed by atoms with Crippen LogP contribution in [-0.4, -0.2) is 45.7 Å². The summed E-state index contributed by atoms with van der Waals surface area (Å²) in [5.74, 6) is -1.19. The number of carbonyl (C=O) groups excluding carboxylic acids is 1. The molecule has 0 aliphatic carbocycles. The Morgan fingerprint density at radius 2 is 2.20 bits per heavy atom. The molecule has 0 spiro atoms. The van der Waals surface area contributed by atoms with Gasteiger partial charge in [0.05, 0.1) is 24.4 Å². The molecule has 1 amide bonds. The molecule has 0 atom stereocenters. The quantitative estimate of drug-likeness (QED) is 0.755. The highest BCUT2D eigenvalue weighted by Gasteiger charge is 2.12. The molecular formula is C9H11N3O3. The van der Waals surface area contributed by atoms with E-state index in [4.69, 9.17) is 5.11 Å². The summed E-state index contributed by atoms with van der Waals surface area (Å²) in [6, 6.07) is 1.53. The number of hydrogen-bond donors (Lipinski definition) is 1. The lowest BCUT2D eigenvalue weighted by atomic mass is 10.2. The average molecular weight is 209 g/mol. The van der Waals surface area contributed by atoms with Crippen molar-refractivity contribution in [3.8, 4) is 0 Å². The summed E-state index contributed by atoms with van der Waals surface area (Å²) in [5.41, 5.74) is 0.401. The summed E-state index contributed by atoms with van der Waals surface area (Å²) in [5, 5.41) is 15.6. The average Bonchev–Trinajstić information content (AvgIpc) is 2.26. The van der Waals surface area contributed by atoms with Crippen LogP contribution in [0.15, 0.2) is 18.5 Å². The molecule has 80 valence electrons. The van der Waals surface area contributed by atoms with Gasteiger partial charge in [-0.3, -0.25) is 9.59 Å². The second-order valence-electron chi connectivity index (χ2n) is 3.00. The molecule has 0 aromatic carbocycles. The van der Waals surface area contributed by atoms with Crippen molar-refractivity contribution in [2.45, 2.75) is 6.42 Å². The van der Waals surface area contributed by atoms with E-state index in [0.717, 1.165) is 0 Å². The van der Waals surface area contributed by atoms with Gasteiger partial charge in [0.2, 0.25) is 0 Å². The summed E-state index contributed by atoms with van der Waals surface area (Å²) in [6.45, 7) is 0.177. The van der Waals surface area contributed by atoms with Gasteiger partial charge in [0.1, 0.15) is 0 Å². The standard InChI is InChI=1S/C9H11N3O3/c1-12(5-3-8(13)14)9(15)7-2-4-10-11-6-7/h2,4,6H,3,5H2,1H3,(H,13,14). The fourth-order valence-electron chi connectivity index (χ4n) is 1.00. The van der Waals surface area contributed by atoms with Gasteiger partial charge in [-0.1, -0.05) is 0 Å². The van der Waals surface area contributed by atoms with Gasteiger partial charge in [0.25, 0.3) is 5.91 Å². The molecule has 1 aromatic rings. The molecule has 0 radical (unpaired) electrons. The third-order valence-corrected chi connectivity index (χ3v) is 1.84. The van der Waals surface area contributed by atoms with Crippen LogP contribution in [0.25, 0.3) is 0 Å². The maximum absolute atomic E-state index is 11.6. The Balaban J connectivity index is 2.57. The molecule has 1 rings (SSSR count). The van der Waals surface area contributed by atoms with Crippen LogP contribution in [0.1, 0.15) is 16.8 Å². The zero-order valence-electron chi connectivity index (χ0n) is 8.25. The first-order valence-corrected chi connectivity index (χ1v) is 4.35. The van der Waals surface area contributed by atoms with Crippen LogP contribution < -0.4 is 0 Å². The molecule has 0 aliphatic rings. The number of rotatable bonds is 4. The zero-order chi connectivity index (χ0) is 11.3. The molecular weight excluding hydrogens is 198 g/mol. The van der Waals surface area contributed by atoms with E-state index in [1.54, 1.807) is 7.05 Å². The molecule has 6 nitrogen and oxygen atoms in total. The Kier molecular flexibility index (Phi) is 3.73. The van der Waals surface area contributed by atoms with Crippen LogP contribution in [0.4, 0.5) is 0 Å². The summed E-state index contributed by atoms with van der Waals surface area (Å²) >= 11 is 0. The van der Waals surface area contributed by atoms with Gasteiger partial charge in [-0.2, -0.15) is 10.2 Å². The summed E-state index contributed by atoms with van der Waals surface area (Å²) in [7, 11) is 1.55. The Morgan fingerprint density at radius 1 is 1.47 bits per heavy atom. The number of nitrogens with zero attached hydrogens (tertiary/aromatic N) is 3. The number of amides is 1. The van der Waals surface area contributed by atoms with Crippen molar-refractivity contribution in [2.75, 3.05) is 13.6 Å². The lowest BCUT2D eigenvalue weighted by Gasteiger charge is -2.15. The molecule has 0 fully saturated rings. The molecule has 1 aromatic heterocycles. The fraction of sp³-hybridized carbons (Fsp3) is 0.333. The third-order valence-electron chi connectivity index (χ3n) is 1.84. The number of aromatic nitrogens is 2. The molecule has 0 saturated carbocycles. The van der Waals surface area contributed by atoms with Crippen molar-refractivity contribution in [1.82, 2.24) is 15.1 Å². The number of hydrogen-bond acceptors (Lipinski definition) is 4. The van der Waals surface area contributed by atoms with E-state index in [9.17, 15) is 9.59 Å². The number of aliphatic carboxylic acids is 1. The van der Waals surface area contributed by atoms with Gasteiger partial charge in [-0.25, -0.2) is 0 Å². The first-order valence-electron chi connectivity index (χ1n) is 4.35. The zero-order valence-corrected chi connectivity index (χ0v) is 8.25. The topological polar surface area (TPSA) is 83.4 Å². The smallest absolute Gasteiger partial charge is 0.305 e. The maximum atomic E-state index is 11.6. The van der Waals surface area contributed by atoms with Crippen molar-refractivity contribution in [3.63, 3.8) is 0 Å².